The summed E-state index contributed by atoms with van der Waals surface area (Å²) in [6, 6.07) is 2.94. The number of anilines is 2. The van der Waals surface area contributed by atoms with Crippen LogP contribution < -0.4 is 16.0 Å². The van der Waals surface area contributed by atoms with E-state index in [1.165, 1.54) is 17.0 Å². The van der Waals surface area contributed by atoms with Gasteiger partial charge in [-0.25, -0.2) is 4.39 Å². The van der Waals surface area contributed by atoms with E-state index in [-0.39, 0.29) is 30.4 Å². The van der Waals surface area contributed by atoms with Crippen LogP contribution in [0, 0.1) is 11.7 Å². The number of primary amides is 1. The smallest absolute Gasteiger partial charge is 0.253 e. The predicted molar refractivity (Wildman–Crippen MR) is 106 cm³/mol. The number of amides is 3. The Morgan fingerprint density at radius 2 is 2.17 bits per heavy atom. The van der Waals surface area contributed by atoms with Crippen molar-refractivity contribution in [2.24, 2.45) is 11.7 Å². The number of morpholine rings is 1. The Hall–Kier alpha value is -2.52. The van der Waals surface area contributed by atoms with Gasteiger partial charge in [-0.3, -0.25) is 19.3 Å². The van der Waals surface area contributed by atoms with Crippen LogP contribution in [-0.2, 0) is 19.1 Å². The molecule has 29 heavy (non-hydrogen) atoms. The molecule has 0 radical (unpaired) electrons. The van der Waals surface area contributed by atoms with Gasteiger partial charge in [-0.1, -0.05) is 13.3 Å². The van der Waals surface area contributed by atoms with Crippen molar-refractivity contribution in [2.75, 3.05) is 43.1 Å². The largest absolute Gasteiger partial charge is 0.370 e. The highest BCUT2D eigenvalue weighted by atomic mass is 19.1. The molecule has 3 rings (SSSR count). The van der Waals surface area contributed by atoms with Crippen molar-refractivity contribution in [3.63, 3.8) is 0 Å². The Balaban J connectivity index is 1.71. The molecule has 158 valence electrons. The Labute approximate surface area is 169 Å². The second kappa shape index (κ2) is 9.32. The number of likely N-dealkylation sites (N-methyl/N-ethyl adjacent to an activating group) is 1. The first-order valence-corrected chi connectivity index (χ1v) is 9.92. The standard InChI is InChI=1S/C20H27FN4O4/c1-2-24(11-13-4-3-5-13)18(19(22)27)20(28)23-14-6-7-16(15(21)10-14)25-8-9-29-12-17(25)26/h6-7,10,13,18H,2-5,8-9,11-12H2,1H3,(H2,22,27)(H,23,28)/t18-/m0/s1. The van der Waals surface area contributed by atoms with Crippen molar-refractivity contribution in [3.05, 3.63) is 24.0 Å². The first kappa shape index (κ1) is 21.2. The number of rotatable bonds is 8. The molecule has 0 aromatic heterocycles. The number of hydrogen-bond acceptors (Lipinski definition) is 5. The average Bonchev–Trinajstić information content (AvgIpc) is 2.64. The molecule has 1 heterocycles. The summed E-state index contributed by atoms with van der Waals surface area (Å²) in [6.07, 6.45) is 3.32. The second-order valence-electron chi connectivity index (χ2n) is 7.44. The molecule has 1 aromatic rings. The molecule has 1 saturated heterocycles. The van der Waals surface area contributed by atoms with E-state index in [9.17, 15) is 18.8 Å². The topological polar surface area (TPSA) is 105 Å². The molecule has 1 aliphatic carbocycles. The van der Waals surface area contributed by atoms with Gasteiger partial charge in [0.25, 0.3) is 11.8 Å². The van der Waals surface area contributed by atoms with Gasteiger partial charge in [0, 0.05) is 18.8 Å². The Morgan fingerprint density at radius 1 is 1.41 bits per heavy atom. The van der Waals surface area contributed by atoms with Crippen LogP contribution in [0.25, 0.3) is 0 Å². The fourth-order valence-electron chi connectivity index (χ4n) is 3.69. The van der Waals surface area contributed by atoms with Crippen molar-refractivity contribution in [2.45, 2.75) is 32.2 Å². The number of ether oxygens (including phenoxy) is 1. The quantitative estimate of drug-likeness (QED) is 0.629. The maximum Gasteiger partial charge on any atom is 0.253 e. The zero-order valence-corrected chi connectivity index (χ0v) is 16.5. The molecular formula is C20H27FN4O4. The maximum atomic E-state index is 14.6. The van der Waals surface area contributed by atoms with E-state index in [4.69, 9.17) is 10.5 Å². The number of nitrogens with zero attached hydrogens (tertiary/aromatic N) is 2. The Kier molecular flexibility index (Phi) is 6.81. The summed E-state index contributed by atoms with van der Waals surface area (Å²) in [5.74, 6) is -1.83. The molecule has 8 nitrogen and oxygen atoms in total. The normalized spacial score (nSPS) is 18.4. The van der Waals surface area contributed by atoms with E-state index in [1.54, 1.807) is 4.90 Å². The summed E-state index contributed by atoms with van der Waals surface area (Å²) < 4.78 is 19.6. The number of nitrogens with two attached hydrogens (primary N) is 1. The molecule has 9 heteroatoms. The average molecular weight is 406 g/mol. The summed E-state index contributed by atoms with van der Waals surface area (Å²) in [4.78, 5) is 39.7. The van der Waals surface area contributed by atoms with Gasteiger partial charge in [-0.05, 0) is 43.5 Å². The summed E-state index contributed by atoms with van der Waals surface area (Å²) in [5.41, 5.74) is 5.82. The lowest BCUT2D eigenvalue weighted by molar-refractivity contribution is -0.133. The number of hydrogen-bond donors (Lipinski definition) is 2. The minimum Gasteiger partial charge on any atom is -0.370 e. The summed E-state index contributed by atoms with van der Waals surface area (Å²) in [6.45, 7) is 3.51. The lowest BCUT2D eigenvalue weighted by atomic mass is 9.85. The molecule has 2 fully saturated rings. The first-order chi connectivity index (χ1) is 13.9. The van der Waals surface area contributed by atoms with Crippen molar-refractivity contribution >= 4 is 29.1 Å². The van der Waals surface area contributed by atoms with Gasteiger partial charge in [0.2, 0.25) is 5.91 Å². The third-order valence-electron chi connectivity index (χ3n) is 5.50. The zero-order chi connectivity index (χ0) is 21.0. The summed E-state index contributed by atoms with van der Waals surface area (Å²) >= 11 is 0. The molecule has 1 aliphatic heterocycles. The summed E-state index contributed by atoms with van der Waals surface area (Å²) in [7, 11) is 0. The maximum absolute atomic E-state index is 14.6. The van der Waals surface area contributed by atoms with E-state index in [1.807, 2.05) is 6.92 Å². The fraction of sp³-hybridized carbons (Fsp3) is 0.550. The highest BCUT2D eigenvalue weighted by Gasteiger charge is 2.33. The van der Waals surface area contributed by atoms with Gasteiger partial charge in [0.15, 0.2) is 6.04 Å². The van der Waals surface area contributed by atoms with Gasteiger partial charge >= 0.3 is 0 Å². The Bertz CT molecular complexity index is 784. The molecule has 1 atom stereocenters. The molecule has 0 spiro atoms. The van der Waals surface area contributed by atoms with Crippen molar-refractivity contribution in [1.29, 1.82) is 0 Å². The van der Waals surface area contributed by atoms with Crippen molar-refractivity contribution in [1.82, 2.24) is 4.90 Å². The van der Waals surface area contributed by atoms with Gasteiger partial charge in [-0.2, -0.15) is 0 Å². The number of benzene rings is 1. The minimum absolute atomic E-state index is 0.0912. The molecule has 2 aliphatic rings. The number of carbonyl (C=O) groups excluding carboxylic acids is 3. The SMILES string of the molecule is CCN(CC1CCC1)[C@@H](C(N)=O)C(=O)Nc1ccc(N2CCOCC2=O)c(F)c1. The van der Waals surface area contributed by atoms with Crippen LogP contribution in [0.15, 0.2) is 18.2 Å². The molecule has 1 saturated carbocycles. The lowest BCUT2D eigenvalue weighted by Crippen LogP contribution is -2.53. The third kappa shape index (κ3) is 4.91. The van der Waals surface area contributed by atoms with Crippen LogP contribution in [0.2, 0.25) is 0 Å². The lowest BCUT2D eigenvalue weighted by Gasteiger charge is -2.34. The molecule has 3 N–H and O–H groups in total. The van der Waals surface area contributed by atoms with Crippen LogP contribution in [0.3, 0.4) is 0 Å². The summed E-state index contributed by atoms with van der Waals surface area (Å²) in [5, 5.41) is 2.58. The number of halogens is 1. The first-order valence-electron chi connectivity index (χ1n) is 9.92. The van der Waals surface area contributed by atoms with E-state index < -0.39 is 23.7 Å². The highest BCUT2D eigenvalue weighted by molar-refractivity contribution is 6.09. The fourth-order valence-corrected chi connectivity index (χ4v) is 3.69. The molecule has 1 aromatic carbocycles. The predicted octanol–water partition coefficient (Wildman–Crippen LogP) is 1.10. The van der Waals surface area contributed by atoms with Crippen molar-refractivity contribution in [3.8, 4) is 0 Å². The van der Waals surface area contributed by atoms with Crippen LogP contribution in [0.5, 0.6) is 0 Å². The van der Waals surface area contributed by atoms with Gasteiger partial charge in [0.1, 0.15) is 12.4 Å². The van der Waals surface area contributed by atoms with Gasteiger partial charge < -0.3 is 20.7 Å². The van der Waals surface area contributed by atoms with E-state index in [0.717, 1.165) is 25.3 Å². The van der Waals surface area contributed by atoms with Gasteiger partial charge in [0.05, 0.1) is 12.3 Å². The molecular weight excluding hydrogens is 379 g/mol. The third-order valence-corrected chi connectivity index (χ3v) is 5.50. The zero-order valence-electron chi connectivity index (χ0n) is 16.5. The molecule has 0 unspecified atom stereocenters. The number of nitrogens with one attached hydrogen (secondary N) is 1. The van der Waals surface area contributed by atoms with Crippen LogP contribution in [-0.4, -0.2) is 61.5 Å². The Morgan fingerprint density at radius 3 is 2.72 bits per heavy atom. The second-order valence-corrected chi connectivity index (χ2v) is 7.44. The van der Waals surface area contributed by atoms with Crippen LogP contribution in [0.1, 0.15) is 26.2 Å². The van der Waals surface area contributed by atoms with Crippen LogP contribution >= 0.6 is 0 Å². The van der Waals surface area contributed by atoms with E-state index >= 15 is 0 Å². The van der Waals surface area contributed by atoms with Crippen LogP contribution in [0.4, 0.5) is 15.8 Å². The molecule has 0 bridgehead atoms. The minimum atomic E-state index is -1.12. The van der Waals surface area contributed by atoms with Crippen molar-refractivity contribution < 1.29 is 23.5 Å². The molecule has 3 amide bonds. The van der Waals surface area contributed by atoms with E-state index in [0.29, 0.717) is 25.6 Å². The van der Waals surface area contributed by atoms with E-state index in [2.05, 4.69) is 5.32 Å². The highest BCUT2D eigenvalue weighted by Crippen LogP contribution is 2.28. The number of carbonyl (C=O) groups is 3. The van der Waals surface area contributed by atoms with Gasteiger partial charge in [-0.15, -0.1) is 0 Å². The monoisotopic (exact) mass is 406 g/mol.